The maximum Gasteiger partial charge on any atom is 0.417 e. The van der Waals surface area contributed by atoms with Gasteiger partial charge in [-0.05, 0) is 18.2 Å². The molecule has 0 bridgehead atoms. The van der Waals surface area contributed by atoms with E-state index in [1.165, 1.54) is 0 Å². The number of hydrogen-bond donors (Lipinski definition) is 0. The van der Waals surface area contributed by atoms with E-state index >= 15 is 0 Å². The van der Waals surface area contributed by atoms with Crippen LogP contribution in [-0.4, -0.2) is 48.6 Å². The van der Waals surface area contributed by atoms with Crippen LogP contribution in [0.3, 0.4) is 0 Å². The lowest BCUT2D eigenvalue weighted by atomic mass is 10.2. The zero-order valence-electron chi connectivity index (χ0n) is 14.8. The molecule has 0 aliphatic carbocycles. The second kappa shape index (κ2) is 8.85. The number of rotatable bonds is 4. The third kappa shape index (κ3) is 5.18. The topological polar surface area (TPSA) is 45.7 Å². The Kier molecular flexibility index (Phi) is 6.65. The first-order valence-corrected chi connectivity index (χ1v) is 9.62. The van der Waals surface area contributed by atoms with Gasteiger partial charge < -0.3 is 14.5 Å². The van der Waals surface area contributed by atoms with E-state index in [0.29, 0.717) is 37.0 Å². The van der Waals surface area contributed by atoms with Gasteiger partial charge in [0.05, 0.1) is 15.6 Å². The Bertz CT molecular complexity index is 904. The highest BCUT2D eigenvalue weighted by Crippen LogP contribution is 2.34. The van der Waals surface area contributed by atoms with Crippen LogP contribution in [0, 0.1) is 0 Å². The average molecular weight is 469 g/mol. The molecule has 0 N–H and O–H groups in total. The Labute approximate surface area is 179 Å². The third-order valence-corrected chi connectivity index (χ3v) is 5.43. The van der Waals surface area contributed by atoms with E-state index in [0.717, 1.165) is 12.3 Å². The van der Waals surface area contributed by atoms with Gasteiger partial charge in [0.15, 0.2) is 6.61 Å². The normalized spacial score (nSPS) is 14.8. The van der Waals surface area contributed by atoms with Crippen molar-refractivity contribution in [3.05, 3.63) is 51.1 Å². The van der Waals surface area contributed by atoms with Crippen molar-refractivity contribution in [2.45, 2.75) is 6.18 Å². The molecule has 0 atom stereocenters. The Morgan fingerprint density at radius 3 is 2.41 bits per heavy atom. The van der Waals surface area contributed by atoms with Gasteiger partial charge in [-0.1, -0.05) is 40.9 Å². The van der Waals surface area contributed by atoms with Gasteiger partial charge in [-0.25, -0.2) is 4.98 Å². The van der Waals surface area contributed by atoms with Crippen molar-refractivity contribution < 1.29 is 22.7 Å². The standard InChI is InChI=1S/C18H15Cl3F3N3O2/c19-12-2-1-3-14(16(12)21)29-10-15(28)26-4-6-27(7-5-26)17-13(20)8-11(9-25-17)18(22,23)24/h1-3,8-9H,4-7,10H2. The zero-order chi connectivity index (χ0) is 21.2. The molecule has 0 saturated carbocycles. The molecule has 0 unspecified atom stereocenters. The molecule has 156 valence electrons. The average Bonchev–Trinajstić information content (AvgIpc) is 2.68. The number of carbonyl (C=O) groups excluding carboxylic acids is 1. The van der Waals surface area contributed by atoms with E-state index in [-0.39, 0.29) is 28.4 Å². The van der Waals surface area contributed by atoms with E-state index < -0.39 is 11.7 Å². The highest BCUT2D eigenvalue weighted by molar-refractivity contribution is 6.42. The summed E-state index contributed by atoms with van der Waals surface area (Å²) in [4.78, 5) is 19.6. The minimum absolute atomic E-state index is 0.0847. The molecule has 2 heterocycles. The summed E-state index contributed by atoms with van der Waals surface area (Å²) in [7, 11) is 0. The summed E-state index contributed by atoms with van der Waals surface area (Å²) >= 11 is 17.9. The summed E-state index contributed by atoms with van der Waals surface area (Å²) in [5.41, 5.74) is -0.906. The Hall–Kier alpha value is -1.90. The van der Waals surface area contributed by atoms with Gasteiger partial charge >= 0.3 is 6.18 Å². The molecule has 2 aromatic rings. The molecule has 1 saturated heterocycles. The van der Waals surface area contributed by atoms with Gasteiger partial charge in [-0.2, -0.15) is 13.2 Å². The summed E-state index contributed by atoms with van der Waals surface area (Å²) in [5, 5.41) is 0.472. The number of alkyl halides is 3. The number of pyridine rings is 1. The number of amides is 1. The molecule has 1 amide bonds. The van der Waals surface area contributed by atoms with Crippen LogP contribution < -0.4 is 9.64 Å². The van der Waals surface area contributed by atoms with Gasteiger partial charge in [-0.15, -0.1) is 0 Å². The fourth-order valence-electron chi connectivity index (χ4n) is 2.81. The van der Waals surface area contributed by atoms with E-state index in [9.17, 15) is 18.0 Å². The molecule has 3 rings (SSSR count). The van der Waals surface area contributed by atoms with Crippen LogP contribution in [0.4, 0.5) is 19.0 Å². The van der Waals surface area contributed by atoms with Crippen molar-refractivity contribution in [3.8, 4) is 5.75 Å². The maximum absolute atomic E-state index is 12.7. The van der Waals surface area contributed by atoms with Crippen LogP contribution in [-0.2, 0) is 11.0 Å². The molecule has 1 aromatic carbocycles. The van der Waals surface area contributed by atoms with Crippen LogP contribution in [0.5, 0.6) is 5.75 Å². The number of hydrogen-bond acceptors (Lipinski definition) is 4. The maximum atomic E-state index is 12.7. The van der Waals surface area contributed by atoms with E-state index in [2.05, 4.69) is 4.98 Å². The zero-order valence-corrected chi connectivity index (χ0v) is 17.1. The van der Waals surface area contributed by atoms with Crippen molar-refractivity contribution >= 4 is 46.5 Å². The van der Waals surface area contributed by atoms with Gasteiger partial charge in [-0.3, -0.25) is 4.79 Å². The smallest absolute Gasteiger partial charge is 0.417 e. The number of nitrogens with zero attached hydrogens (tertiary/aromatic N) is 3. The van der Waals surface area contributed by atoms with Gasteiger partial charge in [0, 0.05) is 32.4 Å². The van der Waals surface area contributed by atoms with Crippen molar-refractivity contribution in [1.29, 1.82) is 0 Å². The lowest BCUT2D eigenvalue weighted by Crippen LogP contribution is -2.50. The number of anilines is 1. The molecule has 1 fully saturated rings. The first kappa shape index (κ1) is 21.8. The lowest BCUT2D eigenvalue weighted by molar-refractivity contribution is -0.138. The van der Waals surface area contributed by atoms with Crippen LogP contribution >= 0.6 is 34.8 Å². The molecule has 5 nitrogen and oxygen atoms in total. The molecule has 0 spiro atoms. The number of ether oxygens (including phenoxy) is 1. The fraction of sp³-hybridized carbons (Fsp3) is 0.333. The summed E-state index contributed by atoms with van der Waals surface area (Å²) in [6, 6.07) is 5.73. The Morgan fingerprint density at radius 2 is 1.79 bits per heavy atom. The summed E-state index contributed by atoms with van der Waals surface area (Å²) in [6.07, 6.45) is -3.76. The molecule has 11 heteroatoms. The van der Waals surface area contributed by atoms with Gasteiger partial charge in [0.2, 0.25) is 0 Å². The van der Waals surface area contributed by atoms with Crippen LogP contribution in [0.25, 0.3) is 0 Å². The Morgan fingerprint density at radius 1 is 1.10 bits per heavy atom. The van der Waals surface area contributed by atoms with Crippen molar-refractivity contribution in [1.82, 2.24) is 9.88 Å². The summed E-state index contributed by atoms with van der Waals surface area (Å²) in [5.74, 6) is 0.327. The van der Waals surface area contributed by atoms with Crippen molar-refractivity contribution in [2.24, 2.45) is 0 Å². The summed E-state index contributed by atoms with van der Waals surface area (Å²) < 4.78 is 43.7. The van der Waals surface area contributed by atoms with Gasteiger partial charge in [0.25, 0.3) is 5.91 Å². The van der Waals surface area contributed by atoms with E-state index in [4.69, 9.17) is 39.5 Å². The molecule has 29 heavy (non-hydrogen) atoms. The second-order valence-electron chi connectivity index (χ2n) is 6.24. The summed E-state index contributed by atoms with van der Waals surface area (Å²) in [6.45, 7) is 1.25. The molecule has 1 aromatic heterocycles. The first-order chi connectivity index (χ1) is 13.7. The largest absolute Gasteiger partial charge is 0.482 e. The minimum Gasteiger partial charge on any atom is -0.482 e. The quantitative estimate of drug-likeness (QED) is 0.647. The highest BCUT2D eigenvalue weighted by atomic mass is 35.5. The van der Waals surface area contributed by atoms with E-state index in [1.54, 1.807) is 28.0 Å². The predicted octanol–water partition coefficient (Wildman–Crippen LogP) is 4.79. The first-order valence-electron chi connectivity index (χ1n) is 8.49. The van der Waals surface area contributed by atoms with Gasteiger partial charge in [0.1, 0.15) is 16.6 Å². The fourth-order valence-corrected chi connectivity index (χ4v) is 3.44. The molecule has 0 radical (unpaired) electrons. The SMILES string of the molecule is O=C(COc1cccc(Cl)c1Cl)N1CCN(c2ncc(C(F)(F)F)cc2Cl)CC1. The molecule has 1 aliphatic rings. The molecule has 1 aliphatic heterocycles. The van der Waals surface area contributed by atoms with Crippen LogP contribution in [0.15, 0.2) is 30.5 Å². The monoisotopic (exact) mass is 467 g/mol. The molecular formula is C18H15Cl3F3N3O2. The van der Waals surface area contributed by atoms with Crippen molar-refractivity contribution in [3.63, 3.8) is 0 Å². The highest BCUT2D eigenvalue weighted by Gasteiger charge is 2.32. The predicted molar refractivity (Wildman–Crippen MR) is 105 cm³/mol. The number of halogens is 6. The number of aromatic nitrogens is 1. The minimum atomic E-state index is -4.51. The number of carbonyl (C=O) groups is 1. The van der Waals surface area contributed by atoms with Crippen LogP contribution in [0.2, 0.25) is 15.1 Å². The molecular weight excluding hydrogens is 454 g/mol. The Balaban J connectivity index is 1.56. The number of piperazine rings is 1. The second-order valence-corrected chi connectivity index (χ2v) is 7.43. The van der Waals surface area contributed by atoms with Crippen molar-refractivity contribution in [2.75, 3.05) is 37.7 Å². The third-order valence-electron chi connectivity index (χ3n) is 4.35. The van der Waals surface area contributed by atoms with E-state index in [1.807, 2.05) is 0 Å². The van der Waals surface area contributed by atoms with Crippen LogP contribution in [0.1, 0.15) is 5.56 Å². The number of benzene rings is 1. The lowest BCUT2D eigenvalue weighted by Gasteiger charge is -2.35.